The average molecular weight is 303 g/mol. The molecule has 1 aromatic heterocycles. The zero-order valence-corrected chi connectivity index (χ0v) is 12.7. The molecule has 1 aromatic carbocycles. The predicted octanol–water partition coefficient (Wildman–Crippen LogP) is 1.06. The summed E-state index contributed by atoms with van der Waals surface area (Å²) >= 11 is 5.04. The van der Waals surface area contributed by atoms with Crippen LogP contribution < -0.4 is 11.1 Å². The van der Waals surface area contributed by atoms with Crippen LogP contribution in [-0.4, -0.2) is 25.7 Å². The van der Waals surface area contributed by atoms with E-state index in [1.54, 1.807) is 10.9 Å². The van der Waals surface area contributed by atoms with Gasteiger partial charge >= 0.3 is 0 Å². The molecule has 2 rings (SSSR count). The van der Waals surface area contributed by atoms with E-state index in [4.69, 9.17) is 18.0 Å². The molecule has 0 aliphatic heterocycles. The second-order valence-corrected chi connectivity index (χ2v) is 5.25. The fourth-order valence-electron chi connectivity index (χ4n) is 2.14. The van der Waals surface area contributed by atoms with Crippen LogP contribution in [0.5, 0.6) is 0 Å². The zero-order valence-electron chi connectivity index (χ0n) is 11.9. The first-order valence-electron chi connectivity index (χ1n) is 6.49. The fourth-order valence-corrected chi connectivity index (χ4v) is 2.38. The highest BCUT2D eigenvalue weighted by Gasteiger charge is 2.25. The van der Waals surface area contributed by atoms with E-state index >= 15 is 0 Å². The molecule has 2 unspecified atom stereocenters. The molecule has 0 aliphatic rings. The molecule has 3 N–H and O–H groups in total. The van der Waals surface area contributed by atoms with Crippen molar-refractivity contribution in [2.24, 2.45) is 12.8 Å². The van der Waals surface area contributed by atoms with Crippen molar-refractivity contribution in [1.82, 2.24) is 20.1 Å². The SMILES string of the molecule is CC(NC(=O)C(C(N)=S)c1ccccc1)c1nncn1C. The van der Waals surface area contributed by atoms with Gasteiger partial charge < -0.3 is 15.6 Å². The van der Waals surface area contributed by atoms with E-state index in [0.29, 0.717) is 5.82 Å². The number of carbonyl (C=O) groups excluding carboxylic acids is 1. The third kappa shape index (κ3) is 3.43. The minimum atomic E-state index is -0.656. The molecule has 2 atom stereocenters. The number of hydrogen-bond acceptors (Lipinski definition) is 4. The molecule has 0 spiro atoms. The molecule has 1 heterocycles. The number of hydrogen-bond donors (Lipinski definition) is 2. The summed E-state index contributed by atoms with van der Waals surface area (Å²) in [5, 5.41) is 10.7. The number of carbonyl (C=O) groups is 1. The lowest BCUT2D eigenvalue weighted by atomic mass is 9.98. The smallest absolute Gasteiger partial charge is 0.235 e. The second-order valence-electron chi connectivity index (χ2n) is 4.78. The van der Waals surface area contributed by atoms with Gasteiger partial charge in [0, 0.05) is 7.05 Å². The van der Waals surface area contributed by atoms with Crippen molar-refractivity contribution in [2.75, 3.05) is 0 Å². The van der Waals surface area contributed by atoms with Gasteiger partial charge in [0.05, 0.1) is 11.0 Å². The Kier molecular flexibility index (Phi) is 4.64. The standard InChI is InChI=1S/C14H17N5OS/c1-9(13-18-16-8-19(13)2)17-14(20)11(12(15)21)10-6-4-3-5-7-10/h3-9,11H,1-2H3,(H2,15,21)(H,17,20). The summed E-state index contributed by atoms with van der Waals surface area (Å²) in [7, 11) is 1.82. The Bertz CT molecular complexity index is 640. The Morgan fingerprint density at radius 2 is 2.05 bits per heavy atom. The Balaban J connectivity index is 2.17. The second kappa shape index (κ2) is 6.45. The van der Waals surface area contributed by atoms with Gasteiger partial charge in [0.2, 0.25) is 5.91 Å². The summed E-state index contributed by atoms with van der Waals surface area (Å²) in [4.78, 5) is 12.6. The highest BCUT2D eigenvalue weighted by atomic mass is 32.1. The third-order valence-corrected chi connectivity index (χ3v) is 3.41. The van der Waals surface area contributed by atoms with Gasteiger partial charge in [-0.1, -0.05) is 42.5 Å². The van der Waals surface area contributed by atoms with Crippen LogP contribution in [0.25, 0.3) is 0 Å². The minimum Gasteiger partial charge on any atom is -0.392 e. The summed E-state index contributed by atoms with van der Waals surface area (Å²) in [6, 6.07) is 8.94. The first-order chi connectivity index (χ1) is 10.0. The van der Waals surface area contributed by atoms with Gasteiger partial charge in [0.15, 0.2) is 5.82 Å². The minimum absolute atomic E-state index is 0.142. The number of benzene rings is 1. The molecule has 0 saturated carbocycles. The summed E-state index contributed by atoms with van der Waals surface area (Å²) in [6.45, 7) is 1.84. The number of nitrogens with one attached hydrogen (secondary N) is 1. The molecule has 0 saturated heterocycles. The third-order valence-electron chi connectivity index (χ3n) is 3.17. The Hall–Kier alpha value is -2.28. The largest absolute Gasteiger partial charge is 0.392 e. The van der Waals surface area contributed by atoms with E-state index in [-0.39, 0.29) is 16.9 Å². The average Bonchev–Trinajstić information content (AvgIpc) is 2.86. The van der Waals surface area contributed by atoms with Crippen LogP contribution in [0.4, 0.5) is 0 Å². The van der Waals surface area contributed by atoms with Gasteiger partial charge in [-0.05, 0) is 12.5 Å². The van der Waals surface area contributed by atoms with Gasteiger partial charge in [0.1, 0.15) is 12.2 Å². The summed E-state index contributed by atoms with van der Waals surface area (Å²) in [5.74, 6) is -0.237. The summed E-state index contributed by atoms with van der Waals surface area (Å²) < 4.78 is 1.75. The first-order valence-corrected chi connectivity index (χ1v) is 6.90. The Morgan fingerprint density at radius 1 is 1.38 bits per heavy atom. The van der Waals surface area contributed by atoms with Crippen molar-refractivity contribution in [1.29, 1.82) is 0 Å². The Labute approximate surface area is 128 Å². The molecule has 7 heteroatoms. The maximum Gasteiger partial charge on any atom is 0.235 e. The number of thiocarbonyl (C=S) groups is 1. The first kappa shape index (κ1) is 15.1. The molecule has 0 fully saturated rings. The van der Waals surface area contributed by atoms with E-state index in [2.05, 4.69) is 15.5 Å². The molecule has 2 aromatic rings. The maximum absolute atomic E-state index is 12.5. The lowest BCUT2D eigenvalue weighted by Gasteiger charge is -2.19. The van der Waals surface area contributed by atoms with Gasteiger partial charge in [-0.2, -0.15) is 0 Å². The van der Waals surface area contributed by atoms with Crippen LogP contribution >= 0.6 is 12.2 Å². The molecule has 0 aliphatic carbocycles. The number of aryl methyl sites for hydroxylation is 1. The number of rotatable bonds is 5. The number of amides is 1. The topological polar surface area (TPSA) is 85.8 Å². The van der Waals surface area contributed by atoms with E-state index in [1.165, 1.54) is 0 Å². The van der Waals surface area contributed by atoms with E-state index < -0.39 is 5.92 Å². The monoisotopic (exact) mass is 303 g/mol. The highest BCUT2D eigenvalue weighted by Crippen LogP contribution is 2.18. The van der Waals surface area contributed by atoms with E-state index in [9.17, 15) is 4.79 Å². The fraction of sp³-hybridized carbons (Fsp3) is 0.286. The lowest BCUT2D eigenvalue weighted by Crippen LogP contribution is -2.38. The summed E-state index contributed by atoms with van der Waals surface area (Å²) in [6.07, 6.45) is 1.58. The molecular weight excluding hydrogens is 286 g/mol. The predicted molar refractivity (Wildman–Crippen MR) is 83.5 cm³/mol. The van der Waals surface area contributed by atoms with Crippen LogP contribution in [0, 0.1) is 0 Å². The summed E-state index contributed by atoms with van der Waals surface area (Å²) in [5.41, 5.74) is 6.50. The lowest BCUT2D eigenvalue weighted by molar-refractivity contribution is -0.121. The van der Waals surface area contributed by atoms with Crippen molar-refractivity contribution in [3.05, 3.63) is 48.0 Å². The number of aromatic nitrogens is 3. The molecule has 1 amide bonds. The van der Waals surface area contributed by atoms with Crippen LogP contribution in [0.1, 0.15) is 30.3 Å². The van der Waals surface area contributed by atoms with E-state index in [0.717, 1.165) is 5.56 Å². The molecular formula is C14H17N5OS. The van der Waals surface area contributed by atoms with E-state index in [1.807, 2.05) is 44.3 Å². The molecule has 110 valence electrons. The van der Waals surface area contributed by atoms with Crippen molar-refractivity contribution < 1.29 is 4.79 Å². The van der Waals surface area contributed by atoms with Gasteiger partial charge in [0.25, 0.3) is 0 Å². The zero-order chi connectivity index (χ0) is 15.4. The molecule has 0 radical (unpaired) electrons. The number of nitrogens with zero attached hydrogens (tertiary/aromatic N) is 3. The van der Waals surface area contributed by atoms with Crippen LogP contribution in [0.15, 0.2) is 36.7 Å². The van der Waals surface area contributed by atoms with Crippen LogP contribution in [0.2, 0.25) is 0 Å². The van der Waals surface area contributed by atoms with Gasteiger partial charge in [-0.15, -0.1) is 10.2 Å². The maximum atomic E-state index is 12.5. The van der Waals surface area contributed by atoms with Gasteiger partial charge in [-0.25, -0.2) is 0 Å². The molecule has 6 nitrogen and oxygen atoms in total. The number of nitrogens with two attached hydrogens (primary N) is 1. The van der Waals surface area contributed by atoms with Crippen molar-refractivity contribution >= 4 is 23.1 Å². The molecule has 0 bridgehead atoms. The van der Waals surface area contributed by atoms with Crippen molar-refractivity contribution in [2.45, 2.75) is 18.9 Å². The Morgan fingerprint density at radius 3 is 2.57 bits per heavy atom. The quantitative estimate of drug-likeness (QED) is 0.807. The van der Waals surface area contributed by atoms with Crippen molar-refractivity contribution in [3.63, 3.8) is 0 Å². The van der Waals surface area contributed by atoms with Crippen molar-refractivity contribution in [3.8, 4) is 0 Å². The highest BCUT2D eigenvalue weighted by molar-refractivity contribution is 7.80. The normalized spacial score (nSPS) is 13.4. The van der Waals surface area contributed by atoms with Crippen LogP contribution in [0.3, 0.4) is 0 Å². The van der Waals surface area contributed by atoms with Gasteiger partial charge in [-0.3, -0.25) is 4.79 Å². The molecule has 21 heavy (non-hydrogen) atoms. The van der Waals surface area contributed by atoms with Crippen LogP contribution in [-0.2, 0) is 11.8 Å².